The number of ether oxygens (including phenoxy) is 2. The van der Waals surface area contributed by atoms with Crippen molar-refractivity contribution in [1.29, 1.82) is 0 Å². The van der Waals surface area contributed by atoms with E-state index in [4.69, 9.17) is 9.47 Å². The summed E-state index contributed by atoms with van der Waals surface area (Å²) in [5.74, 6) is 6.02. The molecule has 0 bridgehead atoms. The number of rotatable bonds is 11. The molecule has 2 rings (SSSR count). The van der Waals surface area contributed by atoms with Gasteiger partial charge in [0, 0.05) is 18.3 Å². The lowest BCUT2D eigenvalue weighted by atomic mass is 9.83. The van der Waals surface area contributed by atoms with Crippen LogP contribution in [0.5, 0.6) is 0 Å². The molecule has 136 valence electrons. The van der Waals surface area contributed by atoms with Crippen molar-refractivity contribution in [3.8, 4) is 11.8 Å². The second-order valence-electron chi connectivity index (χ2n) is 6.43. The molecule has 0 aliphatic carbocycles. The van der Waals surface area contributed by atoms with Crippen molar-refractivity contribution >= 4 is 6.29 Å². The van der Waals surface area contributed by atoms with Crippen molar-refractivity contribution in [2.45, 2.75) is 33.0 Å². The Bertz CT molecular complexity index is 653. The first kappa shape index (κ1) is 19.9. The molecule has 0 saturated heterocycles. The first-order chi connectivity index (χ1) is 12.8. The molecule has 0 N–H and O–H groups in total. The second-order valence-corrected chi connectivity index (χ2v) is 6.43. The van der Waals surface area contributed by atoms with Crippen LogP contribution in [0.25, 0.3) is 0 Å². The van der Waals surface area contributed by atoms with Crippen LogP contribution >= 0.6 is 0 Å². The molecule has 0 spiro atoms. The minimum Gasteiger partial charge on any atom is -0.376 e. The van der Waals surface area contributed by atoms with Crippen molar-refractivity contribution in [3.63, 3.8) is 0 Å². The largest absolute Gasteiger partial charge is 0.376 e. The average molecular weight is 350 g/mol. The maximum Gasteiger partial charge on any atom is 0.120 e. The van der Waals surface area contributed by atoms with Gasteiger partial charge >= 0.3 is 0 Å². The normalized spacial score (nSPS) is 10.8. The van der Waals surface area contributed by atoms with Crippen LogP contribution in [0.3, 0.4) is 0 Å². The van der Waals surface area contributed by atoms with Crippen molar-refractivity contribution in [2.75, 3.05) is 13.2 Å². The third-order valence-corrected chi connectivity index (χ3v) is 4.20. The number of hydrogen-bond donors (Lipinski definition) is 0. The van der Waals surface area contributed by atoms with Crippen LogP contribution in [0.15, 0.2) is 60.7 Å². The first-order valence-corrected chi connectivity index (χ1v) is 8.84. The molecule has 0 unspecified atom stereocenters. The van der Waals surface area contributed by atoms with E-state index in [-0.39, 0.29) is 0 Å². The van der Waals surface area contributed by atoms with Crippen LogP contribution in [0.2, 0.25) is 0 Å². The van der Waals surface area contributed by atoms with Gasteiger partial charge in [-0.05, 0) is 18.1 Å². The first-order valence-electron chi connectivity index (χ1n) is 8.84. The summed E-state index contributed by atoms with van der Waals surface area (Å²) >= 11 is 0. The highest BCUT2D eigenvalue weighted by Gasteiger charge is 2.30. The molecule has 0 aromatic heterocycles. The zero-order valence-corrected chi connectivity index (χ0v) is 15.3. The lowest BCUT2D eigenvalue weighted by Gasteiger charge is -2.30. The van der Waals surface area contributed by atoms with E-state index in [2.05, 4.69) is 11.8 Å². The summed E-state index contributed by atoms with van der Waals surface area (Å²) < 4.78 is 11.9. The van der Waals surface area contributed by atoms with E-state index >= 15 is 0 Å². The summed E-state index contributed by atoms with van der Waals surface area (Å²) in [5, 5.41) is 0. The van der Waals surface area contributed by atoms with Gasteiger partial charge in [0.1, 0.15) is 6.29 Å². The molecule has 2 aromatic rings. The van der Waals surface area contributed by atoms with E-state index in [9.17, 15) is 4.79 Å². The Morgan fingerprint density at radius 2 is 1.38 bits per heavy atom. The summed E-state index contributed by atoms with van der Waals surface area (Å²) in [6.45, 7) is 3.70. The van der Waals surface area contributed by atoms with E-state index in [1.807, 2.05) is 60.7 Å². The molecular formula is C23H26O3. The number of benzene rings is 2. The van der Waals surface area contributed by atoms with E-state index in [1.54, 1.807) is 6.92 Å². The third kappa shape index (κ3) is 6.84. The quantitative estimate of drug-likeness (QED) is 0.445. The highest BCUT2D eigenvalue weighted by Crippen LogP contribution is 2.27. The molecule has 0 saturated carbocycles. The topological polar surface area (TPSA) is 35.5 Å². The Balaban J connectivity index is 1.96. The molecular weight excluding hydrogens is 324 g/mol. The molecule has 0 atom stereocenters. The third-order valence-electron chi connectivity index (χ3n) is 4.20. The Morgan fingerprint density at radius 1 is 0.885 bits per heavy atom. The lowest BCUT2D eigenvalue weighted by Crippen LogP contribution is -2.33. The molecule has 3 heteroatoms. The maximum atomic E-state index is 11.3. The summed E-state index contributed by atoms with van der Waals surface area (Å²) in [7, 11) is 0. The predicted molar refractivity (Wildman–Crippen MR) is 103 cm³/mol. The van der Waals surface area contributed by atoms with Gasteiger partial charge in [-0.3, -0.25) is 0 Å². The van der Waals surface area contributed by atoms with Gasteiger partial charge in [0.2, 0.25) is 0 Å². The summed E-state index contributed by atoms with van der Waals surface area (Å²) in [6.07, 6.45) is 1.88. The van der Waals surface area contributed by atoms with Crippen LogP contribution in [-0.4, -0.2) is 19.5 Å². The van der Waals surface area contributed by atoms with Crippen LogP contribution in [-0.2, 0) is 27.5 Å². The molecule has 0 aliphatic heterocycles. The minimum atomic E-state index is -0.422. The van der Waals surface area contributed by atoms with Crippen molar-refractivity contribution < 1.29 is 14.3 Å². The van der Waals surface area contributed by atoms with Crippen LogP contribution < -0.4 is 0 Å². The Kier molecular flexibility index (Phi) is 8.62. The van der Waals surface area contributed by atoms with Gasteiger partial charge in [-0.25, -0.2) is 0 Å². The van der Waals surface area contributed by atoms with Gasteiger partial charge < -0.3 is 14.3 Å². The average Bonchev–Trinajstić information content (AvgIpc) is 2.68. The van der Waals surface area contributed by atoms with Gasteiger partial charge in [-0.15, -0.1) is 11.8 Å². The summed E-state index contributed by atoms with van der Waals surface area (Å²) in [6, 6.07) is 20.0. The summed E-state index contributed by atoms with van der Waals surface area (Å²) in [4.78, 5) is 11.3. The molecule has 3 nitrogen and oxygen atoms in total. The molecule has 0 amide bonds. The zero-order valence-electron chi connectivity index (χ0n) is 15.3. The fraction of sp³-hybridized carbons (Fsp3) is 0.348. The van der Waals surface area contributed by atoms with Crippen molar-refractivity contribution in [2.24, 2.45) is 5.41 Å². The van der Waals surface area contributed by atoms with E-state index < -0.39 is 5.41 Å². The van der Waals surface area contributed by atoms with Gasteiger partial charge in [-0.2, -0.15) is 0 Å². The SMILES string of the molecule is CC#CCC(CC=O)(COCc1ccccc1)COCc1ccccc1. The fourth-order valence-electron chi connectivity index (χ4n) is 2.71. The molecule has 2 aromatic carbocycles. The van der Waals surface area contributed by atoms with E-state index in [0.717, 1.165) is 17.4 Å². The Labute approximate surface area is 156 Å². The van der Waals surface area contributed by atoms with Crippen LogP contribution in [0, 0.1) is 17.3 Å². The van der Waals surface area contributed by atoms with Gasteiger partial charge in [0.15, 0.2) is 0 Å². The molecule has 26 heavy (non-hydrogen) atoms. The Hall–Kier alpha value is -2.41. The molecule has 0 aliphatic rings. The maximum absolute atomic E-state index is 11.3. The molecule has 0 heterocycles. The fourth-order valence-corrected chi connectivity index (χ4v) is 2.71. The van der Waals surface area contributed by atoms with Gasteiger partial charge in [0.05, 0.1) is 26.4 Å². The van der Waals surface area contributed by atoms with Gasteiger partial charge in [-0.1, -0.05) is 60.7 Å². The highest BCUT2D eigenvalue weighted by molar-refractivity contribution is 5.51. The van der Waals surface area contributed by atoms with Crippen molar-refractivity contribution in [3.05, 3.63) is 71.8 Å². The Morgan fingerprint density at radius 3 is 1.81 bits per heavy atom. The van der Waals surface area contributed by atoms with E-state index in [0.29, 0.717) is 39.3 Å². The highest BCUT2D eigenvalue weighted by atomic mass is 16.5. The number of carbonyl (C=O) groups excluding carboxylic acids is 1. The number of carbonyl (C=O) groups is 1. The molecule has 0 fully saturated rings. The van der Waals surface area contributed by atoms with Gasteiger partial charge in [0.25, 0.3) is 0 Å². The molecule has 0 radical (unpaired) electrons. The summed E-state index contributed by atoms with van der Waals surface area (Å²) in [5.41, 5.74) is 1.80. The lowest BCUT2D eigenvalue weighted by molar-refractivity contribution is -0.113. The number of aldehydes is 1. The minimum absolute atomic E-state index is 0.366. The smallest absolute Gasteiger partial charge is 0.120 e. The zero-order chi connectivity index (χ0) is 18.5. The predicted octanol–water partition coefficient (Wildman–Crippen LogP) is 4.41. The standard InChI is InChI=1S/C23H26O3/c1-2-3-14-23(15-16-24,19-25-17-21-10-6-4-7-11-21)20-26-18-22-12-8-5-9-13-22/h4-13,16H,14-15,17-20H2,1H3. The second kappa shape index (κ2) is 11.3. The van der Waals surface area contributed by atoms with Crippen molar-refractivity contribution in [1.82, 2.24) is 0 Å². The van der Waals surface area contributed by atoms with Crippen LogP contribution in [0.4, 0.5) is 0 Å². The number of hydrogen-bond acceptors (Lipinski definition) is 3. The monoisotopic (exact) mass is 350 g/mol. The van der Waals surface area contributed by atoms with Crippen LogP contribution in [0.1, 0.15) is 30.9 Å². The van der Waals surface area contributed by atoms with E-state index in [1.165, 1.54) is 0 Å².